The van der Waals surface area contributed by atoms with Crippen LogP contribution in [0.4, 0.5) is 19.4 Å². The second kappa shape index (κ2) is 7.82. The van der Waals surface area contributed by atoms with Crippen LogP contribution in [0.5, 0.6) is 0 Å². The van der Waals surface area contributed by atoms with E-state index in [-0.39, 0.29) is 0 Å². The summed E-state index contributed by atoms with van der Waals surface area (Å²) >= 11 is 0. The second-order valence-corrected chi connectivity index (χ2v) is 9.50. The molecule has 0 saturated heterocycles. The number of hydrogen-bond acceptors (Lipinski definition) is 0. The van der Waals surface area contributed by atoms with E-state index < -0.39 is 15.1 Å². The molecule has 152 valence electrons. The van der Waals surface area contributed by atoms with Gasteiger partial charge in [0.15, 0.2) is 0 Å². The Balaban J connectivity index is 1.85. The smallest absolute Gasteiger partial charge is 0.0936 e. The maximum atomic E-state index is 12.7. The van der Waals surface area contributed by atoms with Crippen molar-refractivity contribution in [3.63, 3.8) is 0 Å². The summed E-state index contributed by atoms with van der Waals surface area (Å²) in [4.78, 5) is -1.83. The molecule has 2 rings (SSSR count). The number of halogens is 5. The molecule has 0 spiro atoms. The lowest BCUT2D eigenvalue weighted by molar-refractivity contribution is 0.364. The van der Waals surface area contributed by atoms with Gasteiger partial charge in [0.05, 0.1) is 0 Å². The number of aryl methyl sites for hydroxylation is 3. The molecule has 0 N–H and O–H groups in total. The van der Waals surface area contributed by atoms with Crippen molar-refractivity contribution in [1.82, 2.24) is 0 Å². The lowest BCUT2D eigenvalue weighted by Gasteiger charge is -2.40. The minimum atomic E-state index is -9.57. The molecule has 0 bridgehead atoms. The van der Waals surface area contributed by atoms with E-state index in [4.69, 9.17) is 0 Å². The molecule has 27 heavy (non-hydrogen) atoms. The van der Waals surface area contributed by atoms with Crippen LogP contribution in [0.25, 0.3) is 0 Å². The summed E-state index contributed by atoms with van der Waals surface area (Å²) in [6.45, 7) is 2.19. The molecule has 0 radical (unpaired) electrons. The topological polar surface area (TPSA) is 0 Å². The Morgan fingerprint density at radius 1 is 0.556 bits per heavy atom. The number of hydrogen-bond donors (Lipinski definition) is 0. The minimum Gasteiger partial charge on any atom is -0.0936 e. The highest BCUT2D eigenvalue weighted by Gasteiger charge is 2.65. The molecule has 2 aromatic carbocycles. The SMILES string of the molecule is CCCCCCCc1ccc(CCc2ccc(S(F)(F)(F)(F)F)cc2)cc1. The fourth-order valence-electron chi connectivity index (χ4n) is 3.01. The lowest BCUT2D eigenvalue weighted by Crippen LogP contribution is -2.06. The van der Waals surface area contributed by atoms with Gasteiger partial charge in [-0.05, 0) is 54.5 Å². The van der Waals surface area contributed by atoms with Gasteiger partial charge < -0.3 is 0 Å². The molecule has 0 aliphatic heterocycles. The van der Waals surface area contributed by atoms with Crippen molar-refractivity contribution in [3.8, 4) is 0 Å². The van der Waals surface area contributed by atoms with Gasteiger partial charge in [-0.3, -0.25) is 0 Å². The quantitative estimate of drug-likeness (QED) is 0.273. The molecule has 0 fully saturated rings. The average Bonchev–Trinajstić information content (AvgIpc) is 2.59. The van der Waals surface area contributed by atoms with E-state index in [0.29, 0.717) is 30.5 Å². The highest BCUT2D eigenvalue weighted by atomic mass is 32.5. The zero-order valence-electron chi connectivity index (χ0n) is 15.6. The van der Waals surface area contributed by atoms with Crippen LogP contribution in [0.15, 0.2) is 53.4 Å². The van der Waals surface area contributed by atoms with Crippen LogP contribution in [-0.2, 0) is 19.3 Å². The van der Waals surface area contributed by atoms with Crippen LogP contribution in [0.3, 0.4) is 0 Å². The monoisotopic (exact) mass is 406 g/mol. The average molecular weight is 407 g/mol. The Morgan fingerprint density at radius 3 is 1.41 bits per heavy atom. The minimum absolute atomic E-state index is 0.485. The zero-order valence-corrected chi connectivity index (χ0v) is 16.4. The molecule has 6 heteroatoms. The van der Waals surface area contributed by atoms with Crippen LogP contribution in [0.2, 0.25) is 0 Å². The van der Waals surface area contributed by atoms with E-state index in [2.05, 4.69) is 19.1 Å². The van der Waals surface area contributed by atoms with Gasteiger partial charge in [-0.25, -0.2) is 0 Å². The van der Waals surface area contributed by atoms with Gasteiger partial charge in [-0.15, -0.1) is 0 Å². The molecule has 0 aliphatic rings. The van der Waals surface area contributed by atoms with Gasteiger partial charge in [0, 0.05) is 0 Å². The first-order chi connectivity index (χ1) is 12.5. The van der Waals surface area contributed by atoms with Crippen molar-refractivity contribution in [2.45, 2.75) is 63.2 Å². The van der Waals surface area contributed by atoms with Crippen molar-refractivity contribution >= 4 is 10.2 Å². The van der Waals surface area contributed by atoms with Crippen LogP contribution in [0, 0.1) is 0 Å². The Morgan fingerprint density at radius 2 is 0.963 bits per heavy atom. The molecule has 0 amide bonds. The Kier molecular flexibility index (Phi) is 6.30. The summed E-state index contributed by atoms with van der Waals surface area (Å²) in [5, 5.41) is 0. The maximum Gasteiger partial charge on any atom is 0.310 e. The van der Waals surface area contributed by atoms with Crippen molar-refractivity contribution in [1.29, 1.82) is 0 Å². The molecule has 0 saturated carbocycles. The number of unbranched alkanes of at least 4 members (excludes halogenated alkanes) is 4. The van der Waals surface area contributed by atoms with Crippen molar-refractivity contribution in [3.05, 3.63) is 65.2 Å². The molecule has 0 unspecified atom stereocenters. The summed E-state index contributed by atoms with van der Waals surface area (Å²) in [5.74, 6) is 0. The Labute approximate surface area is 158 Å². The van der Waals surface area contributed by atoms with Gasteiger partial charge in [0.2, 0.25) is 0 Å². The maximum absolute atomic E-state index is 12.7. The third-order valence-corrected chi connectivity index (χ3v) is 5.83. The fourth-order valence-corrected chi connectivity index (χ4v) is 3.66. The molecule has 0 aliphatic carbocycles. The van der Waals surface area contributed by atoms with Crippen LogP contribution < -0.4 is 0 Å². The van der Waals surface area contributed by atoms with E-state index in [9.17, 15) is 19.4 Å². The molecule has 2 aromatic rings. The second-order valence-electron chi connectivity index (χ2n) is 7.09. The summed E-state index contributed by atoms with van der Waals surface area (Å²) in [7, 11) is -9.57. The van der Waals surface area contributed by atoms with E-state index >= 15 is 0 Å². The molecular formula is C21H27F5S. The molecule has 0 heterocycles. The highest BCUT2D eigenvalue weighted by molar-refractivity contribution is 8.45. The van der Waals surface area contributed by atoms with Crippen LogP contribution in [0.1, 0.15) is 55.7 Å². The van der Waals surface area contributed by atoms with Gasteiger partial charge in [0.1, 0.15) is 4.90 Å². The third-order valence-electron chi connectivity index (χ3n) is 4.66. The van der Waals surface area contributed by atoms with Crippen molar-refractivity contribution < 1.29 is 19.4 Å². The van der Waals surface area contributed by atoms with E-state index in [0.717, 1.165) is 24.1 Å². The van der Waals surface area contributed by atoms with Crippen molar-refractivity contribution in [2.75, 3.05) is 0 Å². The van der Waals surface area contributed by atoms with Gasteiger partial charge in [0.25, 0.3) is 0 Å². The first-order valence-electron chi connectivity index (χ1n) is 9.39. The predicted octanol–water partition coefficient (Wildman–Crippen LogP) is 8.64. The third kappa shape index (κ3) is 7.53. The fraction of sp³-hybridized carbons (Fsp3) is 0.429. The first kappa shape index (κ1) is 21.7. The predicted molar refractivity (Wildman–Crippen MR) is 104 cm³/mol. The Hall–Kier alpha value is -1.56. The lowest BCUT2D eigenvalue weighted by atomic mass is 10.0. The van der Waals surface area contributed by atoms with Crippen molar-refractivity contribution in [2.24, 2.45) is 0 Å². The number of benzene rings is 2. The van der Waals surface area contributed by atoms with Crippen LogP contribution >= 0.6 is 10.2 Å². The summed E-state index contributed by atoms with van der Waals surface area (Å²) in [6.07, 6.45) is 8.43. The highest BCUT2D eigenvalue weighted by Crippen LogP contribution is 3.02. The van der Waals surface area contributed by atoms with Crippen LogP contribution in [-0.4, -0.2) is 0 Å². The zero-order chi connectivity index (χ0) is 20.0. The Bertz CT molecular complexity index is 718. The van der Waals surface area contributed by atoms with Gasteiger partial charge in [-0.2, -0.15) is 0 Å². The van der Waals surface area contributed by atoms with E-state index in [1.807, 2.05) is 12.1 Å². The molecular weight excluding hydrogens is 379 g/mol. The summed E-state index contributed by atoms with van der Waals surface area (Å²) in [6, 6.07) is 11.5. The standard InChI is InChI=1S/C21H27F5S/c1-2-3-4-5-6-7-18-8-10-19(11-9-18)12-13-20-14-16-21(17-15-20)27(22,23,24,25)26/h8-11,14-17H,2-7,12-13H2,1H3. The molecule has 0 aromatic heterocycles. The van der Waals surface area contributed by atoms with E-state index in [1.54, 1.807) is 0 Å². The first-order valence-corrected chi connectivity index (χ1v) is 11.3. The van der Waals surface area contributed by atoms with Gasteiger partial charge >= 0.3 is 10.2 Å². The van der Waals surface area contributed by atoms with E-state index in [1.165, 1.54) is 37.7 Å². The largest absolute Gasteiger partial charge is 0.310 e. The normalized spacial score (nSPS) is 14.6. The summed E-state index contributed by atoms with van der Waals surface area (Å²) in [5.41, 5.74) is 2.98. The molecule has 0 nitrogen and oxygen atoms in total. The van der Waals surface area contributed by atoms with Gasteiger partial charge in [-0.1, -0.05) is 88.4 Å². The summed E-state index contributed by atoms with van der Waals surface area (Å²) < 4.78 is 63.6. The number of rotatable bonds is 10. The molecule has 0 atom stereocenters.